The zero-order valence-corrected chi connectivity index (χ0v) is 10.8. The monoisotopic (exact) mass is 255 g/mol. The van der Waals surface area contributed by atoms with Crippen LogP contribution in [0, 0.1) is 0 Å². The normalized spacial score (nSPS) is 15.6. The average molecular weight is 255 g/mol. The number of nitrogens with one attached hydrogen (secondary N) is 1. The molecule has 0 aromatic heterocycles. The van der Waals surface area contributed by atoms with Crippen LogP contribution in [0.5, 0.6) is 0 Å². The van der Waals surface area contributed by atoms with E-state index in [1.54, 1.807) is 7.05 Å². The van der Waals surface area contributed by atoms with Gasteiger partial charge < -0.3 is 10.4 Å². The predicted octanol–water partition coefficient (Wildman–Crippen LogP) is 0.263. The third-order valence-corrected chi connectivity index (χ3v) is 2.84. The smallest absolute Gasteiger partial charge is 0.267 e. The molecule has 0 unspecified atom stereocenters. The number of hydrazone groups is 1. The van der Waals surface area contributed by atoms with E-state index < -0.39 is 0 Å². The van der Waals surface area contributed by atoms with E-state index in [0.717, 1.165) is 25.7 Å². The number of rotatable bonds is 7. The number of hydrogen-bond acceptors (Lipinski definition) is 4. The summed E-state index contributed by atoms with van der Waals surface area (Å²) in [6.07, 6.45) is 4.44. The maximum absolute atomic E-state index is 11.7. The van der Waals surface area contributed by atoms with E-state index >= 15 is 0 Å². The van der Waals surface area contributed by atoms with Crippen LogP contribution in [0.15, 0.2) is 5.10 Å². The van der Waals surface area contributed by atoms with Crippen LogP contribution in [0.25, 0.3) is 0 Å². The van der Waals surface area contributed by atoms with Gasteiger partial charge in [-0.15, -0.1) is 0 Å². The molecule has 0 fully saturated rings. The van der Waals surface area contributed by atoms with Gasteiger partial charge >= 0.3 is 0 Å². The second-order valence-electron chi connectivity index (χ2n) is 4.36. The Hall–Kier alpha value is -1.43. The summed E-state index contributed by atoms with van der Waals surface area (Å²) in [5.74, 6) is -0.243. The second kappa shape index (κ2) is 7.81. The average Bonchev–Trinajstić information content (AvgIpc) is 2.36. The highest BCUT2D eigenvalue weighted by Crippen LogP contribution is 2.07. The number of hydrogen-bond donors (Lipinski definition) is 2. The van der Waals surface area contributed by atoms with Gasteiger partial charge in [0.1, 0.15) is 5.71 Å². The Balaban J connectivity index is 2.21. The number of nitrogens with zero attached hydrogens (tertiary/aromatic N) is 2. The number of unbranched alkanes of at least 4 members (excludes halogenated alkanes) is 3. The quantitative estimate of drug-likeness (QED) is 0.640. The maximum Gasteiger partial charge on any atom is 0.267 e. The van der Waals surface area contributed by atoms with Crippen molar-refractivity contribution in [1.29, 1.82) is 0 Å². The highest BCUT2D eigenvalue weighted by atomic mass is 16.3. The standard InChI is InChI=1S/C12H21N3O3/c1-15-11(17)7-6-10(14-15)12(18)13-8-4-2-3-5-9-16/h16H,2-9H2,1H3,(H,13,18). The first kappa shape index (κ1) is 14.6. The van der Waals surface area contributed by atoms with Crippen molar-refractivity contribution in [2.45, 2.75) is 38.5 Å². The Morgan fingerprint density at radius 3 is 2.72 bits per heavy atom. The molecule has 0 aliphatic carbocycles. The van der Waals surface area contributed by atoms with Crippen LogP contribution in [-0.2, 0) is 9.59 Å². The Morgan fingerprint density at radius 1 is 1.33 bits per heavy atom. The van der Waals surface area contributed by atoms with Crippen LogP contribution in [0.4, 0.5) is 0 Å². The zero-order valence-electron chi connectivity index (χ0n) is 10.8. The molecule has 2 amide bonds. The lowest BCUT2D eigenvalue weighted by Gasteiger charge is -2.18. The van der Waals surface area contributed by atoms with Gasteiger partial charge in [0.15, 0.2) is 0 Å². The molecule has 0 bridgehead atoms. The largest absolute Gasteiger partial charge is 0.396 e. The summed E-state index contributed by atoms with van der Waals surface area (Å²) in [5, 5.41) is 16.6. The minimum atomic E-state index is -0.184. The Labute approximate surface area is 107 Å². The van der Waals surface area contributed by atoms with Gasteiger partial charge in [-0.05, 0) is 12.8 Å². The Bertz CT molecular complexity index is 329. The van der Waals surface area contributed by atoms with Crippen LogP contribution in [0.2, 0.25) is 0 Å². The summed E-state index contributed by atoms with van der Waals surface area (Å²) in [5.41, 5.74) is 0.424. The van der Waals surface area contributed by atoms with Gasteiger partial charge in [-0.3, -0.25) is 9.59 Å². The number of aliphatic hydroxyl groups excluding tert-OH is 1. The fraction of sp³-hybridized carbons (Fsp3) is 0.750. The van der Waals surface area contributed by atoms with Gasteiger partial charge in [-0.2, -0.15) is 5.10 Å². The molecule has 0 atom stereocenters. The van der Waals surface area contributed by atoms with Crippen molar-refractivity contribution in [2.24, 2.45) is 5.10 Å². The molecule has 0 radical (unpaired) electrons. The molecule has 18 heavy (non-hydrogen) atoms. The highest BCUT2D eigenvalue weighted by Gasteiger charge is 2.21. The molecule has 0 saturated heterocycles. The van der Waals surface area contributed by atoms with Crippen molar-refractivity contribution in [3.05, 3.63) is 0 Å². The number of carbonyl (C=O) groups is 2. The third-order valence-electron chi connectivity index (χ3n) is 2.84. The number of carbonyl (C=O) groups excluding carboxylic acids is 2. The predicted molar refractivity (Wildman–Crippen MR) is 68.0 cm³/mol. The van der Waals surface area contributed by atoms with Crippen LogP contribution < -0.4 is 5.32 Å². The molecule has 6 nitrogen and oxygen atoms in total. The Kier molecular flexibility index (Phi) is 6.35. The van der Waals surface area contributed by atoms with Gasteiger partial charge in [0.05, 0.1) is 0 Å². The van der Waals surface area contributed by atoms with E-state index in [4.69, 9.17) is 5.11 Å². The summed E-state index contributed by atoms with van der Waals surface area (Å²) in [6, 6.07) is 0. The number of aliphatic hydroxyl groups is 1. The van der Waals surface area contributed by atoms with E-state index in [1.165, 1.54) is 5.01 Å². The third kappa shape index (κ3) is 4.83. The summed E-state index contributed by atoms with van der Waals surface area (Å²) in [4.78, 5) is 22.9. The fourth-order valence-corrected chi connectivity index (χ4v) is 1.73. The van der Waals surface area contributed by atoms with Crippen molar-refractivity contribution in [2.75, 3.05) is 20.2 Å². The van der Waals surface area contributed by atoms with Gasteiger partial charge in [-0.25, -0.2) is 5.01 Å². The van der Waals surface area contributed by atoms with Crippen LogP contribution in [-0.4, -0.2) is 47.8 Å². The highest BCUT2D eigenvalue weighted by molar-refractivity contribution is 6.39. The first-order valence-corrected chi connectivity index (χ1v) is 6.38. The molecule has 0 spiro atoms. The van der Waals surface area contributed by atoms with Gasteiger partial charge in [0, 0.05) is 33.0 Å². The lowest BCUT2D eigenvalue weighted by Crippen LogP contribution is -2.37. The molecular weight excluding hydrogens is 234 g/mol. The second-order valence-corrected chi connectivity index (χ2v) is 4.36. The summed E-state index contributed by atoms with van der Waals surface area (Å²) in [6.45, 7) is 0.838. The zero-order chi connectivity index (χ0) is 13.4. The van der Waals surface area contributed by atoms with Crippen LogP contribution >= 0.6 is 0 Å². The lowest BCUT2D eigenvalue weighted by molar-refractivity contribution is -0.130. The molecule has 1 aliphatic rings. The molecule has 0 saturated carbocycles. The van der Waals surface area contributed by atoms with Crippen LogP contribution in [0.1, 0.15) is 38.5 Å². The van der Waals surface area contributed by atoms with E-state index in [2.05, 4.69) is 10.4 Å². The SMILES string of the molecule is CN1N=C(C(=O)NCCCCCCO)CCC1=O. The summed E-state index contributed by atoms with van der Waals surface area (Å²) >= 11 is 0. The molecule has 102 valence electrons. The topological polar surface area (TPSA) is 82.0 Å². The molecule has 6 heteroatoms. The first-order chi connectivity index (χ1) is 8.65. The van der Waals surface area contributed by atoms with Crippen molar-refractivity contribution in [1.82, 2.24) is 10.3 Å². The van der Waals surface area contributed by atoms with E-state index in [1.807, 2.05) is 0 Å². The van der Waals surface area contributed by atoms with Crippen molar-refractivity contribution < 1.29 is 14.7 Å². The summed E-state index contributed by atoms with van der Waals surface area (Å²) < 4.78 is 0. The molecule has 1 rings (SSSR count). The first-order valence-electron chi connectivity index (χ1n) is 6.38. The molecule has 1 heterocycles. The van der Waals surface area contributed by atoms with Gasteiger partial charge in [-0.1, -0.05) is 12.8 Å². The van der Waals surface area contributed by atoms with Crippen LogP contribution in [0.3, 0.4) is 0 Å². The van der Waals surface area contributed by atoms with Crippen molar-refractivity contribution in [3.63, 3.8) is 0 Å². The van der Waals surface area contributed by atoms with Crippen molar-refractivity contribution in [3.8, 4) is 0 Å². The molecule has 0 aromatic carbocycles. The maximum atomic E-state index is 11.7. The molecule has 1 aliphatic heterocycles. The minimum absolute atomic E-state index is 0.0597. The fourth-order valence-electron chi connectivity index (χ4n) is 1.73. The number of amides is 2. The summed E-state index contributed by atoms with van der Waals surface area (Å²) in [7, 11) is 1.56. The van der Waals surface area contributed by atoms with Crippen molar-refractivity contribution >= 4 is 17.5 Å². The molecule has 0 aromatic rings. The molecular formula is C12H21N3O3. The van der Waals surface area contributed by atoms with E-state index in [0.29, 0.717) is 25.1 Å². The minimum Gasteiger partial charge on any atom is -0.396 e. The van der Waals surface area contributed by atoms with Gasteiger partial charge in [0.25, 0.3) is 5.91 Å². The van der Waals surface area contributed by atoms with Gasteiger partial charge in [0.2, 0.25) is 5.91 Å². The van der Waals surface area contributed by atoms with E-state index in [9.17, 15) is 9.59 Å². The molecule has 2 N–H and O–H groups in total. The Morgan fingerprint density at radius 2 is 2.06 bits per heavy atom. The van der Waals surface area contributed by atoms with E-state index in [-0.39, 0.29) is 18.4 Å². The lowest BCUT2D eigenvalue weighted by atomic mass is 10.1.